The molecule has 28 heavy (non-hydrogen) atoms. The van der Waals surface area contributed by atoms with Crippen LogP contribution < -0.4 is 4.57 Å². The SMILES string of the molecule is CC(C)[C@H]1COCc2nn(-c3c(F)c(F)c(F)c(F)c3F)c[n+]21.F[B-](F)(F)F. The number of benzene rings is 1. The number of rotatable bonds is 2. The van der Waals surface area contributed by atoms with E-state index in [9.17, 15) is 39.2 Å². The third-order valence-corrected chi connectivity index (χ3v) is 3.82. The van der Waals surface area contributed by atoms with E-state index in [0.717, 1.165) is 0 Å². The lowest BCUT2D eigenvalue weighted by molar-refractivity contribution is -0.749. The van der Waals surface area contributed by atoms with Gasteiger partial charge in [0.25, 0.3) is 0 Å². The summed E-state index contributed by atoms with van der Waals surface area (Å²) in [6.07, 6.45) is 1.22. The summed E-state index contributed by atoms with van der Waals surface area (Å²) >= 11 is 0. The van der Waals surface area contributed by atoms with Crippen molar-refractivity contribution < 1.29 is 48.5 Å². The third kappa shape index (κ3) is 4.59. The molecule has 0 N–H and O–H groups in total. The van der Waals surface area contributed by atoms with E-state index in [-0.39, 0.29) is 18.6 Å². The van der Waals surface area contributed by atoms with Crippen molar-refractivity contribution in [2.75, 3.05) is 6.61 Å². The van der Waals surface area contributed by atoms with Crippen molar-refractivity contribution in [3.05, 3.63) is 41.2 Å². The fraction of sp³-hybridized carbons (Fsp3) is 0.429. The number of hydrogen-bond donors (Lipinski definition) is 0. The van der Waals surface area contributed by atoms with Crippen LogP contribution in [-0.4, -0.2) is 23.6 Å². The largest absolute Gasteiger partial charge is 0.673 e. The molecule has 0 saturated heterocycles. The highest BCUT2D eigenvalue weighted by atomic mass is 19.5. The highest BCUT2D eigenvalue weighted by molar-refractivity contribution is 6.50. The molecule has 0 amide bonds. The van der Waals surface area contributed by atoms with Gasteiger partial charge in [0.1, 0.15) is 12.6 Å². The van der Waals surface area contributed by atoms with E-state index >= 15 is 0 Å². The summed E-state index contributed by atoms with van der Waals surface area (Å²) in [5.41, 5.74) is -1.11. The Morgan fingerprint density at radius 1 is 1.00 bits per heavy atom. The number of halogens is 9. The van der Waals surface area contributed by atoms with Crippen molar-refractivity contribution >= 4 is 7.25 Å². The van der Waals surface area contributed by atoms with Gasteiger partial charge >= 0.3 is 13.1 Å². The van der Waals surface area contributed by atoms with Gasteiger partial charge in [0.05, 0.1) is 6.61 Å². The van der Waals surface area contributed by atoms with Gasteiger partial charge in [-0.2, -0.15) is 8.78 Å². The second-order valence-corrected chi connectivity index (χ2v) is 6.12. The molecule has 2 heterocycles. The van der Waals surface area contributed by atoms with Gasteiger partial charge in [0, 0.05) is 5.10 Å². The zero-order chi connectivity index (χ0) is 21.4. The molecule has 1 atom stereocenters. The Labute approximate surface area is 152 Å². The van der Waals surface area contributed by atoms with Crippen molar-refractivity contribution in [2.24, 2.45) is 5.92 Å². The fourth-order valence-electron chi connectivity index (χ4n) is 2.53. The average Bonchev–Trinajstić information content (AvgIpc) is 3.00. The number of ether oxygens (including phenoxy) is 1. The zero-order valence-electron chi connectivity index (χ0n) is 14.4. The molecular formula is C14H13BF9N3O. The van der Waals surface area contributed by atoms with Crippen LogP contribution in [0.5, 0.6) is 0 Å². The van der Waals surface area contributed by atoms with E-state index in [4.69, 9.17) is 4.74 Å². The molecule has 0 bridgehead atoms. The predicted octanol–water partition coefficient (Wildman–Crippen LogP) is 3.88. The third-order valence-electron chi connectivity index (χ3n) is 3.82. The Morgan fingerprint density at radius 3 is 1.93 bits per heavy atom. The minimum absolute atomic E-state index is 0.0889. The summed E-state index contributed by atoms with van der Waals surface area (Å²) in [5, 5.41) is 3.91. The maximum Gasteiger partial charge on any atom is 0.673 e. The van der Waals surface area contributed by atoms with Crippen molar-refractivity contribution in [1.29, 1.82) is 0 Å². The summed E-state index contributed by atoms with van der Waals surface area (Å²) < 4.78 is 114. The van der Waals surface area contributed by atoms with Crippen molar-refractivity contribution in [2.45, 2.75) is 26.5 Å². The maximum atomic E-state index is 13.9. The molecule has 0 saturated carbocycles. The highest BCUT2D eigenvalue weighted by Crippen LogP contribution is 2.26. The molecule has 4 nitrogen and oxygen atoms in total. The highest BCUT2D eigenvalue weighted by Gasteiger charge is 2.36. The number of hydrogen-bond acceptors (Lipinski definition) is 2. The minimum Gasteiger partial charge on any atom is -0.418 e. The first-order valence-corrected chi connectivity index (χ1v) is 7.79. The molecule has 3 rings (SSSR count). The number of fused-ring (bicyclic) bond motifs is 1. The van der Waals surface area contributed by atoms with Gasteiger partial charge < -0.3 is 22.0 Å². The summed E-state index contributed by atoms with van der Waals surface area (Å²) in [4.78, 5) is 0. The summed E-state index contributed by atoms with van der Waals surface area (Å²) in [5.74, 6) is -9.58. The molecule has 1 aliphatic heterocycles. The molecule has 0 aliphatic carbocycles. The van der Waals surface area contributed by atoms with E-state index in [1.54, 1.807) is 4.57 Å². The first-order chi connectivity index (χ1) is 12.8. The molecule has 0 radical (unpaired) electrons. The van der Waals surface area contributed by atoms with Crippen LogP contribution in [0.3, 0.4) is 0 Å². The van der Waals surface area contributed by atoms with Crippen LogP contribution in [0.2, 0.25) is 0 Å². The van der Waals surface area contributed by atoms with Gasteiger partial charge in [-0.1, -0.05) is 18.5 Å². The lowest BCUT2D eigenvalue weighted by atomic mass is 10.0. The molecule has 0 spiro atoms. The molecule has 156 valence electrons. The molecule has 1 aliphatic rings. The lowest BCUT2D eigenvalue weighted by Crippen LogP contribution is -2.49. The first-order valence-electron chi connectivity index (χ1n) is 7.79. The van der Waals surface area contributed by atoms with Crippen molar-refractivity contribution in [1.82, 2.24) is 9.78 Å². The Balaban J connectivity index is 0.000000500. The first kappa shape index (κ1) is 22.0. The van der Waals surface area contributed by atoms with Crippen LogP contribution in [0, 0.1) is 35.0 Å². The van der Waals surface area contributed by atoms with Crippen LogP contribution in [0.25, 0.3) is 5.69 Å². The normalized spacial score (nSPS) is 16.6. The predicted molar refractivity (Wildman–Crippen MR) is 77.3 cm³/mol. The van der Waals surface area contributed by atoms with Crippen LogP contribution in [0.4, 0.5) is 39.2 Å². The van der Waals surface area contributed by atoms with Crippen molar-refractivity contribution in [3.8, 4) is 5.69 Å². The van der Waals surface area contributed by atoms with Gasteiger partial charge in [0.2, 0.25) is 41.1 Å². The van der Waals surface area contributed by atoms with E-state index in [1.165, 1.54) is 6.33 Å². The van der Waals surface area contributed by atoms with E-state index in [0.29, 0.717) is 17.1 Å². The maximum absolute atomic E-state index is 13.9. The molecule has 2 aromatic rings. The quantitative estimate of drug-likeness (QED) is 0.242. The summed E-state index contributed by atoms with van der Waals surface area (Å²) in [6, 6.07) is -0.145. The molecular weight excluding hydrogens is 408 g/mol. The molecule has 0 fully saturated rings. The van der Waals surface area contributed by atoms with E-state index in [1.807, 2.05) is 13.8 Å². The van der Waals surface area contributed by atoms with Crippen LogP contribution in [-0.2, 0) is 11.3 Å². The Kier molecular flexibility index (Phi) is 6.31. The monoisotopic (exact) mass is 421 g/mol. The number of nitrogens with zero attached hydrogens (tertiary/aromatic N) is 3. The molecule has 14 heteroatoms. The molecule has 0 unspecified atom stereocenters. The lowest BCUT2D eigenvalue weighted by Gasteiger charge is -2.22. The molecule has 1 aromatic carbocycles. The van der Waals surface area contributed by atoms with Crippen LogP contribution in [0.1, 0.15) is 25.7 Å². The van der Waals surface area contributed by atoms with Gasteiger partial charge in [-0.15, -0.1) is 0 Å². The summed E-state index contributed by atoms with van der Waals surface area (Å²) in [6.45, 7) is 4.31. The van der Waals surface area contributed by atoms with Crippen LogP contribution in [0.15, 0.2) is 6.33 Å². The van der Waals surface area contributed by atoms with Gasteiger partial charge in [-0.05, 0) is 5.92 Å². The number of aromatic nitrogens is 3. The van der Waals surface area contributed by atoms with Gasteiger partial charge in [-0.3, -0.25) is 0 Å². The topological polar surface area (TPSA) is 30.9 Å². The van der Waals surface area contributed by atoms with E-state index in [2.05, 4.69) is 5.10 Å². The van der Waals surface area contributed by atoms with Gasteiger partial charge in [0.15, 0.2) is 0 Å². The molecule has 1 aromatic heterocycles. The van der Waals surface area contributed by atoms with Crippen molar-refractivity contribution in [3.63, 3.8) is 0 Å². The Morgan fingerprint density at radius 2 is 1.46 bits per heavy atom. The Bertz CT molecular complexity index is 834. The summed E-state index contributed by atoms with van der Waals surface area (Å²) in [7, 11) is -6.00. The Hall–Kier alpha value is -2.25. The average molecular weight is 421 g/mol. The minimum atomic E-state index is -6.00. The zero-order valence-corrected chi connectivity index (χ0v) is 14.4. The van der Waals surface area contributed by atoms with E-state index < -0.39 is 42.0 Å². The second-order valence-electron chi connectivity index (χ2n) is 6.12. The fourth-order valence-corrected chi connectivity index (χ4v) is 2.53. The standard InChI is InChI=1S/C14H13F5N3O.BF4/c1-6(2)7-3-23-4-8-20-22(5-21(7)8)14-12(18)10(16)9(15)11(17)13(14)19;2-1(3,4)5/h5-7H,3-4H2,1-2H3;/q+1;-1/t7-;/m1./s1. The smallest absolute Gasteiger partial charge is 0.418 e. The van der Waals surface area contributed by atoms with Crippen LogP contribution >= 0.6 is 0 Å². The van der Waals surface area contributed by atoms with Gasteiger partial charge in [-0.25, -0.2) is 17.7 Å². The second kappa shape index (κ2) is 8.01.